The molecule has 0 aliphatic rings. The molecule has 1 N–H and O–H groups in total. The third-order valence-electron chi connectivity index (χ3n) is 2.47. The number of benzene rings is 1. The number of carbonyl (C=O) groups is 1. The van der Waals surface area contributed by atoms with E-state index in [1.807, 2.05) is 12.1 Å². The van der Waals surface area contributed by atoms with E-state index in [2.05, 4.69) is 0 Å². The van der Waals surface area contributed by atoms with Crippen LogP contribution in [0, 0.1) is 0 Å². The van der Waals surface area contributed by atoms with E-state index in [1.165, 1.54) is 7.11 Å². The van der Waals surface area contributed by atoms with Crippen molar-refractivity contribution in [1.82, 2.24) is 0 Å². The number of para-hydroxylation sites is 1. The molecule has 0 heterocycles. The summed E-state index contributed by atoms with van der Waals surface area (Å²) >= 11 is 0. The zero-order chi connectivity index (χ0) is 12.1. The van der Waals surface area contributed by atoms with Crippen LogP contribution in [-0.4, -0.2) is 25.3 Å². The van der Waals surface area contributed by atoms with Gasteiger partial charge < -0.3 is 14.6 Å². The zero-order valence-electron chi connectivity index (χ0n) is 9.69. The highest BCUT2D eigenvalue weighted by molar-refractivity contribution is 5.77. The summed E-state index contributed by atoms with van der Waals surface area (Å²) in [5.74, 6) is -0.862. The molecule has 1 atom stereocenters. The van der Waals surface area contributed by atoms with Crippen LogP contribution in [-0.2, 0) is 16.1 Å². The first-order chi connectivity index (χ1) is 7.61. The van der Waals surface area contributed by atoms with Crippen molar-refractivity contribution < 1.29 is 19.4 Å². The lowest BCUT2D eigenvalue weighted by atomic mass is 9.98. The van der Waals surface area contributed by atoms with Crippen LogP contribution < -0.4 is 4.74 Å². The van der Waals surface area contributed by atoms with Crippen molar-refractivity contribution in [2.75, 3.05) is 14.2 Å². The van der Waals surface area contributed by atoms with E-state index in [1.54, 1.807) is 20.1 Å². The molecule has 1 aromatic carbocycles. The van der Waals surface area contributed by atoms with Gasteiger partial charge in [-0.15, -0.1) is 0 Å². The highest BCUT2D eigenvalue weighted by atomic mass is 16.5. The Morgan fingerprint density at radius 3 is 2.62 bits per heavy atom. The number of hydrogen-bond donors (Lipinski definition) is 1. The Morgan fingerprint density at radius 2 is 2.12 bits per heavy atom. The van der Waals surface area contributed by atoms with Crippen LogP contribution in [0.3, 0.4) is 0 Å². The van der Waals surface area contributed by atoms with Crippen LogP contribution in [0.4, 0.5) is 0 Å². The van der Waals surface area contributed by atoms with Crippen LogP contribution in [0.1, 0.15) is 24.0 Å². The number of hydrogen-bond acceptors (Lipinski definition) is 3. The van der Waals surface area contributed by atoms with E-state index in [0.29, 0.717) is 17.9 Å². The summed E-state index contributed by atoms with van der Waals surface area (Å²) in [6, 6.07) is 5.43. The van der Waals surface area contributed by atoms with Crippen LogP contribution in [0.5, 0.6) is 5.75 Å². The van der Waals surface area contributed by atoms with Gasteiger partial charge in [0.05, 0.1) is 19.6 Å². The van der Waals surface area contributed by atoms with Crippen molar-refractivity contribution in [2.45, 2.75) is 19.4 Å². The van der Waals surface area contributed by atoms with Crippen molar-refractivity contribution in [1.29, 1.82) is 0 Å². The molecule has 0 spiro atoms. The first-order valence-corrected chi connectivity index (χ1v) is 4.99. The average molecular weight is 224 g/mol. The smallest absolute Gasteiger partial charge is 0.310 e. The van der Waals surface area contributed by atoms with Gasteiger partial charge in [0.15, 0.2) is 0 Å². The maximum Gasteiger partial charge on any atom is 0.310 e. The molecule has 1 aromatic rings. The molecule has 0 saturated heterocycles. The summed E-state index contributed by atoms with van der Waals surface area (Å²) in [5.41, 5.74) is 1.53. The number of ether oxygens (including phenoxy) is 2. The summed E-state index contributed by atoms with van der Waals surface area (Å²) in [5, 5.41) is 8.99. The van der Waals surface area contributed by atoms with E-state index in [0.717, 1.165) is 5.56 Å². The molecule has 0 fully saturated rings. The average Bonchev–Trinajstić information content (AvgIpc) is 2.28. The van der Waals surface area contributed by atoms with Crippen LogP contribution in [0.2, 0.25) is 0 Å². The van der Waals surface area contributed by atoms with Crippen molar-refractivity contribution >= 4 is 5.97 Å². The second kappa shape index (κ2) is 5.51. The Labute approximate surface area is 94.8 Å². The van der Waals surface area contributed by atoms with Crippen molar-refractivity contribution in [3.8, 4) is 5.75 Å². The van der Waals surface area contributed by atoms with Gasteiger partial charge in [0.1, 0.15) is 5.75 Å². The minimum absolute atomic E-state index is 0.406. The summed E-state index contributed by atoms with van der Waals surface area (Å²) in [6.07, 6.45) is 0. The number of carboxylic acid groups (broad SMARTS) is 1. The Morgan fingerprint density at radius 1 is 1.44 bits per heavy atom. The van der Waals surface area contributed by atoms with E-state index in [9.17, 15) is 4.79 Å². The zero-order valence-corrected chi connectivity index (χ0v) is 9.69. The van der Waals surface area contributed by atoms with Gasteiger partial charge >= 0.3 is 5.97 Å². The third kappa shape index (κ3) is 2.52. The summed E-state index contributed by atoms with van der Waals surface area (Å²) < 4.78 is 10.3. The minimum atomic E-state index is -0.868. The quantitative estimate of drug-likeness (QED) is 0.831. The largest absolute Gasteiger partial charge is 0.496 e. The monoisotopic (exact) mass is 224 g/mol. The van der Waals surface area contributed by atoms with E-state index in [4.69, 9.17) is 14.6 Å². The lowest BCUT2D eigenvalue weighted by Gasteiger charge is -2.15. The molecular formula is C12H16O4. The molecule has 0 radical (unpaired) electrons. The predicted molar refractivity (Wildman–Crippen MR) is 59.8 cm³/mol. The maximum atomic E-state index is 11.0. The summed E-state index contributed by atoms with van der Waals surface area (Å²) in [6.45, 7) is 2.04. The normalized spacial score (nSPS) is 12.2. The SMILES string of the molecule is COCc1cccc(C(C)C(=O)O)c1OC. The van der Waals surface area contributed by atoms with E-state index < -0.39 is 11.9 Å². The highest BCUT2D eigenvalue weighted by Gasteiger charge is 2.19. The topological polar surface area (TPSA) is 55.8 Å². The molecule has 0 amide bonds. The Kier molecular flexibility index (Phi) is 4.31. The lowest BCUT2D eigenvalue weighted by Crippen LogP contribution is -2.10. The van der Waals surface area contributed by atoms with Gasteiger partial charge in [-0.3, -0.25) is 4.79 Å². The molecule has 4 nitrogen and oxygen atoms in total. The Balaban J connectivity index is 3.17. The molecule has 0 aromatic heterocycles. The number of methoxy groups -OCH3 is 2. The van der Waals surface area contributed by atoms with E-state index >= 15 is 0 Å². The standard InChI is InChI=1S/C12H16O4/c1-8(12(13)14)10-6-4-5-9(7-15-2)11(10)16-3/h4-6,8H,7H2,1-3H3,(H,13,14). The molecule has 88 valence electrons. The molecule has 1 rings (SSSR count). The fraction of sp³-hybridized carbons (Fsp3) is 0.417. The van der Waals surface area contributed by atoms with Gasteiger partial charge in [0.2, 0.25) is 0 Å². The van der Waals surface area contributed by atoms with Gasteiger partial charge in [-0.25, -0.2) is 0 Å². The van der Waals surface area contributed by atoms with Crippen LogP contribution >= 0.6 is 0 Å². The fourth-order valence-corrected chi connectivity index (χ4v) is 1.60. The maximum absolute atomic E-state index is 11.0. The van der Waals surface area contributed by atoms with Crippen molar-refractivity contribution in [3.05, 3.63) is 29.3 Å². The van der Waals surface area contributed by atoms with Gasteiger partial charge in [0, 0.05) is 18.2 Å². The number of rotatable bonds is 5. The van der Waals surface area contributed by atoms with Crippen LogP contribution in [0.15, 0.2) is 18.2 Å². The molecule has 0 bridgehead atoms. The van der Waals surface area contributed by atoms with Gasteiger partial charge in [-0.1, -0.05) is 18.2 Å². The highest BCUT2D eigenvalue weighted by Crippen LogP contribution is 2.30. The van der Waals surface area contributed by atoms with Crippen molar-refractivity contribution in [3.63, 3.8) is 0 Å². The Bertz CT molecular complexity index is 373. The van der Waals surface area contributed by atoms with Gasteiger partial charge in [0.25, 0.3) is 0 Å². The molecule has 0 aliphatic carbocycles. The molecule has 4 heteroatoms. The van der Waals surface area contributed by atoms with Gasteiger partial charge in [-0.2, -0.15) is 0 Å². The predicted octanol–water partition coefficient (Wildman–Crippen LogP) is 2.03. The molecule has 0 saturated carbocycles. The van der Waals surface area contributed by atoms with Crippen LogP contribution in [0.25, 0.3) is 0 Å². The fourth-order valence-electron chi connectivity index (χ4n) is 1.60. The first-order valence-electron chi connectivity index (χ1n) is 4.99. The second-order valence-electron chi connectivity index (χ2n) is 3.53. The Hall–Kier alpha value is -1.55. The summed E-state index contributed by atoms with van der Waals surface area (Å²) in [7, 11) is 3.12. The van der Waals surface area contributed by atoms with Crippen molar-refractivity contribution in [2.24, 2.45) is 0 Å². The number of carboxylic acids is 1. The van der Waals surface area contributed by atoms with E-state index in [-0.39, 0.29) is 0 Å². The third-order valence-corrected chi connectivity index (χ3v) is 2.47. The minimum Gasteiger partial charge on any atom is -0.496 e. The molecular weight excluding hydrogens is 208 g/mol. The van der Waals surface area contributed by atoms with Gasteiger partial charge in [-0.05, 0) is 6.92 Å². The number of aliphatic carboxylic acids is 1. The molecule has 16 heavy (non-hydrogen) atoms. The summed E-state index contributed by atoms with van der Waals surface area (Å²) in [4.78, 5) is 11.0. The molecule has 0 aliphatic heterocycles. The lowest BCUT2D eigenvalue weighted by molar-refractivity contribution is -0.138. The molecule has 1 unspecified atom stereocenters. The second-order valence-corrected chi connectivity index (χ2v) is 3.53. The first kappa shape index (κ1) is 12.5.